The van der Waals surface area contributed by atoms with Crippen molar-refractivity contribution in [3.8, 4) is 11.3 Å². The zero-order valence-corrected chi connectivity index (χ0v) is 14.8. The van der Waals surface area contributed by atoms with Crippen LogP contribution in [-0.2, 0) is 13.0 Å². The Hall–Kier alpha value is -2.66. The molecule has 1 aliphatic heterocycles. The Labute approximate surface area is 155 Å². The fraction of sp³-hybridized carbons (Fsp3) is 0.200. The molecule has 2 heterocycles. The van der Waals surface area contributed by atoms with Crippen LogP contribution in [0.25, 0.3) is 11.3 Å². The van der Waals surface area contributed by atoms with Gasteiger partial charge in [0.25, 0.3) is 5.91 Å². The van der Waals surface area contributed by atoms with Crippen molar-refractivity contribution < 1.29 is 9.18 Å². The second kappa shape index (κ2) is 6.92. The summed E-state index contributed by atoms with van der Waals surface area (Å²) in [6.45, 7) is 1.02. The summed E-state index contributed by atoms with van der Waals surface area (Å²) >= 11 is 5.93. The van der Waals surface area contributed by atoms with E-state index >= 15 is 0 Å². The van der Waals surface area contributed by atoms with E-state index in [4.69, 9.17) is 16.6 Å². The quantitative estimate of drug-likeness (QED) is 0.711. The van der Waals surface area contributed by atoms with Crippen LogP contribution >= 0.6 is 11.6 Å². The number of nitrogens with zero attached hydrogens (tertiary/aromatic N) is 2. The predicted octanol–water partition coefficient (Wildman–Crippen LogP) is 4.93. The van der Waals surface area contributed by atoms with Crippen molar-refractivity contribution in [1.82, 2.24) is 9.55 Å². The lowest BCUT2D eigenvalue weighted by molar-refractivity contribution is 0.102. The molecule has 1 aliphatic rings. The van der Waals surface area contributed by atoms with Crippen LogP contribution in [0.1, 0.15) is 29.0 Å². The van der Waals surface area contributed by atoms with Crippen molar-refractivity contribution in [2.45, 2.75) is 25.8 Å². The van der Waals surface area contributed by atoms with Gasteiger partial charge in [-0.1, -0.05) is 23.7 Å². The lowest BCUT2D eigenvalue weighted by atomic mass is 10.1. The van der Waals surface area contributed by atoms with Gasteiger partial charge in [0.15, 0.2) is 0 Å². The summed E-state index contributed by atoms with van der Waals surface area (Å²) in [5, 5.41) is 2.86. The van der Waals surface area contributed by atoms with E-state index in [1.807, 2.05) is 24.3 Å². The Balaban J connectivity index is 1.51. The van der Waals surface area contributed by atoms with E-state index in [-0.39, 0.29) is 16.5 Å². The van der Waals surface area contributed by atoms with E-state index in [1.54, 1.807) is 0 Å². The number of hydrogen-bond acceptors (Lipinski definition) is 2. The van der Waals surface area contributed by atoms with Gasteiger partial charge in [0.1, 0.15) is 11.6 Å². The number of carbonyl (C=O) groups excluding carboxylic acids is 1. The maximum atomic E-state index is 13.1. The SMILES string of the molecule is O=C(Nc1ccc(-c2cn3c(n2)CCCC3)cc1)c1ccc(F)cc1Cl. The van der Waals surface area contributed by atoms with E-state index < -0.39 is 5.82 Å². The van der Waals surface area contributed by atoms with E-state index in [1.165, 1.54) is 25.0 Å². The first kappa shape index (κ1) is 16.8. The lowest BCUT2D eigenvalue weighted by Gasteiger charge is -2.11. The molecule has 6 heteroatoms. The number of imidazole rings is 1. The zero-order chi connectivity index (χ0) is 18.1. The van der Waals surface area contributed by atoms with Crippen LogP contribution in [0.15, 0.2) is 48.7 Å². The largest absolute Gasteiger partial charge is 0.334 e. The number of fused-ring (bicyclic) bond motifs is 1. The Kier molecular flexibility index (Phi) is 4.47. The van der Waals surface area contributed by atoms with Gasteiger partial charge in [-0.15, -0.1) is 0 Å². The van der Waals surface area contributed by atoms with E-state index in [0.717, 1.165) is 36.1 Å². The highest BCUT2D eigenvalue weighted by Crippen LogP contribution is 2.25. The second-order valence-electron chi connectivity index (χ2n) is 6.35. The molecule has 0 radical (unpaired) electrons. The summed E-state index contributed by atoms with van der Waals surface area (Å²) in [4.78, 5) is 17.0. The molecule has 0 saturated heterocycles. The molecular formula is C20H17ClFN3O. The smallest absolute Gasteiger partial charge is 0.257 e. The van der Waals surface area contributed by atoms with Gasteiger partial charge in [-0.2, -0.15) is 0 Å². The minimum atomic E-state index is -0.473. The fourth-order valence-electron chi connectivity index (χ4n) is 3.15. The molecule has 0 fully saturated rings. The molecule has 0 saturated carbocycles. The third-order valence-corrected chi connectivity index (χ3v) is 4.84. The molecule has 2 aromatic carbocycles. The Morgan fingerprint density at radius 3 is 2.69 bits per heavy atom. The highest BCUT2D eigenvalue weighted by Gasteiger charge is 2.14. The molecule has 4 nitrogen and oxygen atoms in total. The van der Waals surface area contributed by atoms with Gasteiger partial charge >= 0.3 is 0 Å². The summed E-state index contributed by atoms with van der Waals surface area (Å²) in [5.74, 6) is 0.286. The van der Waals surface area contributed by atoms with Gasteiger partial charge < -0.3 is 9.88 Å². The van der Waals surface area contributed by atoms with E-state index in [2.05, 4.69) is 16.1 Å². The minimum Gasteiger partial charge on any atom is -0.334 e. The van der Waals surface area contributed by atoms with Crippen molar-refractivity contribution in [3.63, 3.8) is 0 Å². The zero-order valence-electron chi connectivity index (χ0n) is 14.0. The highest BCUT2D eigenvalue weighted by atomic mass is 35.5. The molecule has 132 valence electrons. The fourth-order valence-corrected chi connectivity index (χ4v) is 3.40. The van der Waals surface area contributed by atoms with Crippen molar-refractivity contribution in [2.75, 3.05) is 5.32 Å². The standard InChI is InChI=1S/C20H17ClFN3O/c21-17-11-14(22)6-9-16(17)20(26)23-15-7-4-13(5-8-15)18-12-25-10-2-1-3-19(25)24-18/h4-9,11-12H,1-3,10H2,(H,23,26). The molecule has 3 aromatic rings. The third-order valence-electron chi connectivity index (χ3n) is 4.52. The molecule has 4 rings (SSSR count). The maximum Gasteiger partial charge on any atom is 0.257 e. The van der Waals surface area contributed by atoms with Gasteiger partial charge in [-0.25, -0.2) is 9.37 Å². The molecule has 0 aliphatic carbocycles. The predicted molar refractivity (Wildman–Crippen MR) is 100.0 cm³/mol. The van der Waals surface area contributed by atoms with Gasteiger partial charge in [0.05, 0.1) is 16.3 Å². The summed E-state index contributed by atoms with van der Waals surface area (Å²) in [6, 6.07) is 11.2. The number of amides is 1. The van der Waals surface area contributed by atoms with Crippen molar-refractivity contribution in [2.24, 2.45) is 0 Å². The Morgan fingerprint density at radius 1 is 1.15 bits per heavy atom. The average molecular weight is 370 g/mol. The number of aromatic nitrogens is 2. The summed E-state index contributed by atoms with van der Waals surface area (Å²) in [5.41, 5.74) is 2.83. The number of rotatable bonds is 3. The summed E-state index contributed by atoms with van der Waals surface area (Å²) in [7, 11) is 0. The Morgan fingerprint density at radius 2 is 1.96 bits per heavy atom. The van der Waals surface area contributed by atoms with E-state index in [9.17, 15) is 9.18 Å². The first-order chi connectivity index (χ1) is 12.6. The normalized spacial score (nSPS) is 13.3. The summed E-state index contributed by atoms with van der Waals surface area (Å²) < 4.78 is 15.3. The first-order valence-corrected chi connectivity index (χ1v) is 8.91. The van der Waals surface area contributed by atoms with Crippen molar-refractivity contribution in [1.29, 1.82) is 0 Å². The molecule has 1 amide bonds. The molecule has 0 spiro atoms. The van der Waals surface area contributed by atoms with Crippen LogP contribution in [0.2, 0.25) is 5.02 Å². The number of nitrogens with one attached hydrogen (secondary N) is 1. The molecule has 0 bridgehead atoms. The van der Waals surface area contributed by atoms with E-state index in [0.29, 0.717) is 5.69 Å². The average Bonchev–Trinajstić information content (AvgIpc) is 3.06. The van der Waals surface area contributed by atoms with Crippen LogP contribution in [0.4, 0.5) is 10.1 Å². The molecule has 1 aromatic heterocycles. The van der Waals surface area contributed by atoms with Crippen LogP contribution in [0, 0.1) is 5.82 Å². The molecule has 26 heavy (non-hydrogen) atoms. The van der Waals surface area contributed by atoms with Crippen LogP contribution < -0.4 is 5.32 Å². The van der Waals surface area contributed by atoms with Crippen molar-refractivity contribution >= 4 is 23.2 Å². The first-order valence-electron chi connectivity index (χ1n) is 8.53. The summed E-state index contributed by atoms with van der Waals surface area (Å²) in [6.07, 6.45) is 5.49. The Bertz CT molecular complexity index is 942. The number of benzene rings is 2. The molecule has 1 N–H and O–H groups in total. The van der Waals surface area contributed by atoms with Gasteiger partial charge in [0, 0.05) is 30.4 Å². The van der Waals surface area contributed by atoms with Gasteiger partial charge in [-0.05, 0) is 43.2 Å². The van der Waals surface area contributed by atoms with Gasteiger partial charge in [-0.3, -0.25) is 4.79 Å². The molecule has 0 atom stereocenters. The minimum absolute atomic E-state index is 0.0858. The van der Waals surface area contributed by atoms with Gasteiger partial charge in [0.2, 0.25) is 0 Å². The number of anilines is 1. The molecule has 0 unspecified atom stereocenters. The number of carbonyl (C=O) groups is 1. The number of hydrogen-bond donors (Lipinski definition) is 1. The van der Waals surface area contributed by atoms with Crippen LogP contribution in [0.5, 0.6) is 0 Å². The monoisotopic (exact) mass is 369 g/mol. The maximum absolute atomic E-state index is 13.1. The second-order valence-corrected chi connectivity index (χ2v) is 6.76. The number of aryl methyl sites for hydroxylation is 2. The highest BCUT2D eigenvalue weighted by molar-refractivity contribution is 6.34. The van der Waals surface area contributed by atoms with Crippen LogP contribution in [0.3, 0.4) is 0 Å². The number of halogens is 2. The molecular weight excluding hydrogens is 353 g/mol. The topological polar surface area (TPSA) is 46.9 Å². The van der Waals surface area contributed by atoms with Crippen molar-refractivity contribution in [3.05, 3.63) is 70.9 Å². The third kappa shape index (κ3) is 3.35. The van der Waals surface area contributed by atoms with Crippen LogP contribution in [-0.4, -0.2) is 15.5 Å². The lowest BCUT2D eigenvalue weighted by Crippen LogP contribution is -2.12.